The maximum atomic E-state index is 12.3. The quantitative estimate of drug-likeness (QED) is 0.290. The van der Waals surface area contributed by atoms with Crippen LogP contribution in [0.3, 0.4) is 0 Å². The normalized spacial score (nSPS) is 29.9. The Hall–Kier alpha value is -2.96. The summed E-state index contributed by atoms with van der Waals surface area (Å²) in [6.07, 6.45) is 7.93. The topological polar surface area (TPSA) is 127 Å². The third-order valence-electron chi connectivity index (χ3n) is 7.30. The van der Waals surface area contributed by atoms with Crippen LogP contribution in [-0.2, 0) is 9.84 Å². The maximum absolute atomic E-state index is 12.3. The molecule has 2 N–H and O–H groups in total. The lowest BCUT2D eigenvalue weighted by Gasteiger charge is -2.59. The van der Waals surface area contributed by atoms with Gasteiger partial charge < -0.3 is 9.84 Å². The SMILES string of the molecule is N#CN(C(=N)c1ccc(OCS(=O)(=O)c2ccccn2)cc1)C1C2CC3CC1CC(O)(C3)C2. The summed E-state index contributed by atoms with van der Waals surface area (Å²) in [7, 11) is -3.68. The van der Waals surface area contributed by atoms with Gasteiger partial charge >= 0.3 is 0 Å². The largest absolute Gasteiger partial charge is 0.477 e. The highest BCUT2D eigenvalue weighted by Crippen LogP contribution is 2.57. The number of amidine groups is 1. The van der Waals surface area contributed by atoms with Crippen molar-refractivity contribution in [2.75, 3.05) is 5.94 Å². The third-order valence-corrected chi connectivity index (χ3v) is 8.61. The first-order valence-corrected chi connectivity index (χ1v) is 12.8. The Morgan fingerprint density at radius 2 is 1.88 bits per heavy atom. The number of pyridine rings is 1. The molecule has 172 valence electrons. The molecule has 4 aliphatic rings. The molecule has 0 spiro atoms. The Balaban J connectivity index is 1.27. The lowest BCUT2D eigenvalue weighted by Crippen LogP contribution is -2.61. The summed E-state index contributed by atoms with van der Waals surface area (Å²) < 4.78 is 30.1. The van der Waals surface area contributed by atoms with Crippen LogP contribution in [0.25, 0.3) is 0 Å². The summed E-state index contributed by atoms with van der Waals surface area (Å²) in [6.45, 7) is 0. The molecule has 4 aliphatic carbocycles. The van der Waals surface area contributed by atoms with Crippen molar-refractivity contribution in [2.45, 2.75) is 48.8 Å². The number of ether oxygens (including phenoxy) is 1. The van der Waals surface area contributed by atoms with Crippen molar-refractivity contribution in [2.24, 2.45) is 17.8 Å². The lowest BCUT2D eigenvalue weighted by molar-refractivity contribution is -0.147. The van der Waals surface area contributed by atoms with Gasteiger partial charge in [0.1, 0.15) is 11.6 Å². The number of aliphatic hydroxyl groups is 1. The highest BCUT2D eigenvalue weighted by Gasteiger charge is 2.56. The van der Waals surface area contributed by atoms with E-state index in [1.165, 1.54) is 17.2 Å². The highest BCUT2D eigenvalue weighted by molar-refractivity contribution is 7.91. The molecule has 6 rings (SSSR count). The zero-order chi connectivity index (χ0) is 23.2. The predicted octanol–water partition coefficient (Wildman–Crippen LogP) is 2.94. The molecule has 33 heavy (non-hydrogen) atoms. The molecular weight excluding hydrogens is 440 g/mol. The van der Waals surface area contributed by atoms with Gasteiger partial charge in [-0.25, -0.2) is 13.4 Å². The van der Waals surface area contributed by atoms with Crippen LogP contribution in [-0.4, -0.2) is 46.8 Å². The lowest BCUT2D eigenvalue weighted by atomic mass is 9.52. The van der Waals surface area contributed by atoms with Crippen LogP contribution in [0.2, 0.25) is 0 Å². The van der Waals surface area contributed by atoms with Gasteiger partial charge in [0.15, 0.2) is 17.2 Å². The molecule has 8 nitrogen and oxygen atoms in total. The zero-order valence-electron chi connectivity index (χ0n) is 18.1. The van der Waals surface area contributed by atoms with E-state index < -0.39 is 21.4 Å². The molecule has 1 aromatic heterocycles. The smallest absolute Gasteiger partial charge is 0.230 e. The predicted molar refractivity (Wildman–Crippen MR) is 120 cm³/mol. The van der Waals surface area contributed by atoms with Gasteiger partial charge in [0, 0.05) is 11.8 Å². The van der Waals surface area contributed by atoms with Gasteiger partial charge in [-0.15, -0.1) is 0 Å². The van der Waals surface area contributed by atoms with Crippen molar-refractivity contribution in [3.05, 3.63) is 54.2 Å². The van der Waals surface area contributed by atoms with Crippen molar-refractivity contribution in [1.29, 1.82) is 10.7 Å². The van der Waals surface area contributed by atoms with Crippen molar-refractivity contribution >= 4 is 15.7 Å². The number of benzene rings is 1. The van der Waals surface area contributed by atoms with E-state index in [-0.39, 0.29) is 28.7 Å². The van der Waals surface area contributed by atoms with E-state index in [0.717, 1.165) is 19.3 Å². The monoisotopic (exact) mass is 466 g/mol. The second kappa shape index (κ2) is 8.12. The number of nitriles is 1. The van der Waals surface area contributed by atoms with E-state index in [2.05, 4.69) is 11.2 Å². The van der Waals surface area contributed by atoms with Crippen LogP contribution >= 0.6 is 0 Å². The summed E-state index contributed by atoms with van der Waals surface area (Å²) in [5.41, 5.74) is -0.0331. The minimum absolute atomic E-state index is 0.0478. The molecule has 1 heterocycles. The average molecular weight is 467 g/mol. The third kappa shape index (κ3) is 4.09. The minimum atomic E-state index is -3.68. The van der Waals surface area contributed by atoms with Crippen LogP contribution in [0.15, 0.2) is 53.7 Å². The first-order valence-electron chi connectivity index (χ1n) is 11.1. The Labute approximate surface area is 193 Å². The van der Waals surface area contributed by atoms with Crippen LogP contribution in [0.4, 0.5) is 0 Å². The fourth-order valence-corrected chi connectivity index (χ4v) is 7.15. The molecule has 4 fully saturated rings. The molecule has 4 bridgehead atoms. The van der Waals surface area contributed by atoms with Gasteiger partial charge in [-0.3, -0.25) is 10.3 Å². The Morgan fingerprint density at radius 3 is 2.45 bits per heavy atom. The van der Waals surface area contributed by atoms with Crippen molar-refractivity contribution < 1.29 is 18.3 Å². The highest BCUT2D eigenvalue weighted by atomic mass is 32.2. The molecule has 2 atom stereocenters. The van der Waals surface area contributed by atoms with E-state index in [1.54, 1.807) is 36.4 Å². The number of nitrogens with zero attached hydrogens (tertiary/aromatic N) is 3. The van der Waals surface area contributed by atoms with E-state index in [4.69, 9.17) is 10.1 Å². The molecule has 9 heteroatoms. The van der Waals surface area contributed by atoms with Gasteiger partial charge in [0.05, 0.1) is 11.6 Å². The Bertz CT molecular complexity index is 1180. The number of rotatable bonds is 6. The Kier molecular flexibility index (Phi) is 5.38. The molecule has 0 radical (unpaired) electrons. The molecule has 0 saturated heterocycles. The standard InChI is InChI=1S/C24H26N4O4S/c25-14-28(22-18-9-16-10-19(22)13-24(29,11-16)12-18)23(26)17-4-6-20(7-5-17)32-15-33(30,31)21-3-1-2-8-27-21/h1-8,16,18-19,22,26,29H,9-13,15H2. The van der Waals surface area contributed by atoms with Gasteiger partial charge in [0.25, 0.3) is 0 Å². The van der Waals surface area contributed by atoms with Crippen molar-refractivity contribution in [1.82, 2.24) is 9.88 Å². The molecule has 2 unspecified atom stereocenters. The van der Waals surface area contributed by atoms with Gasteiger partial charge in [0.2, 0.25) is 9.84 Å². The number of hydrogen-bond acceptors (Lipinski definition) is 7. The second-order valence-corrected chi connectivity index (χ2v) is 11.5. The fourth-order valence-electron chi connectivity index (χ4n) is 6.23. The van der Waals surface area contributed by atoms with Gasteiger partial charge in [-0.2, -0.15) is 5.26 Å². The molecule has 0 amide bonds. The van der Waals surface area contributed by atoms with E-state index >= 15 is 0 Å². The number of aromatic nitrogens is 1. The first kappa shape index (κ1) is 21.9. The van der Waals surface area contributed by atoms with Gasteiger partial charge in [-0.05, 0) is 86.3 Å². The number of nitrogens with one attached hydrogen (secondary N) is 1. The summed E-state index contributed by atoms with van der Waals surface area (Å²) >= 11 is 0. The second-order valence-electron chi connectivity index (χ2n) is 9.57. The van der Waals surface area contributed by atoms with Crippen LogP contribution < -0.4 is 4.74 Å². The minimum Gasteiger partial charge on any atom is -0.477 e. The van der Waals surface area contributed by atoms with E-state index in [0.29, 0.717) is 30.1 Å². The van der Waals surface area contributed by atoms with Crippen molar-refractivity contribution in [3.8, 4) is 11.9 Å². The van der Waals surface area contributed by atoms with E-state index in [9.17, 15) is 18.8 Å². The summed E-state index contributed by atoms with van der Waals surface area (Å²) in [4.78, 5) is 5.37. The molecule has 0 aliphatic heterocycles. The maximum Gasteiger partial charge on any atom is 0.230 e. The molecule has 4 saturated carbocycles. The molecular formula is C24H26N4O4S. The summed E-state index contributed by atoms with van der Waals surface area (Å²) in [5, 5.41) is 29.4. The number of hydrogen-bond donors (Lipinski definition) is 2. The van der Waals surface area contributed by atoms with Crippen LogP contribution in [0.1, 0.15) is 37.7 Å². The van der Waals surface area contributed by atoms with Crippen molar-refractivity contribution in [3.63, 3.8) is 0 Å². The average Bonchev–Trinajstić information content (AvgIpc) is 2.79. The van der Waals surface area contributed by atoms with Gasteiger partial charge in [-0.1, -0.05) is 6.07 Å². The molecule has 2 aromatic rings. The Morgan fingerprint density at radius 1 is 1.18 bits per heavy atom. The zero-order valence-corrected chi connectivity index (χ0v) is 18.9. The fraction of sp³-hybridized carbons (Fsp3) is 0.458. The van der Waals surface area contributed by atoms with Crippen LogP contribution in [0, 0.1) is 34.6 Å². The number of sulfone groups is 1. The molecule has 1 aromatic carbocycles. The van der Waals surface area contributed by atoms with Crippen LogP contribution in [0.5, 0.6) is 5.75 Å². The first-order chi connectivity index (χ1) is 15.8. The summed E-state index contributed by atoms with van der Waals surface area (Å²) in [6, 6.07) is 11.1. The summed E-state index contributed by atoms with van der Waals surface area (Å²) in [5.74, 6) is 0.903. The van der Waals surface area contributed by atoms with E-state index in [1.807, 2.05) is 0 Å².